The second kappa shape index (κ2) is 8.71. The quantitative estimate of drug-likeness (QED) is 0.338. The Bertz CT molecular complexity index is 1010. The number of esters is 1. The van der Waals surface area contributed by atoms with Crippen molar-refractivity contribution in [1.29, 1.82) is 0 Å². The van der Waals surface area contributed by atoms with Crippen LogP contribution >= 0.6 is 0 Å². The lowest BCUT2D eigenvalue weighted by Crippen LogP contribution is -2.33. The van der Waals surface area contributed by atoms with Crippen molar-refractivity contribution < 1.29 is 23.8 Å². The Morgan fingerprint density at radius 3 is 2.93 bits per heavy atom. The number of hydrogen-bond acceptors (Lipinski definition) is 7. The predicted molar refractivity (Wildman–Crippen MR) is 110 cm³/mol. The standard InChI is InChI=1S/C22H25N3O5/c1-14-5-8-25(9-6-14)21-18(22(27)29-11-10-28-2)19(26)17(30-21)12-15-13-24-20-16(15)4-3-7-23-20/h3-4,7,12-14H,5-6,8-11H2,1-2H3,(H,23,24). The summed E-state index contributed by atoms with van der Waals surface area (Å²) in [5.41, 5.74) is 1.43. The number of hydrogen-bond donors (Lipinski definition) is 1. The number of ketones is 1. The van der Waals surface area contributed by atoms with E-state index in [9.17, 15) is 9.59 Å². The summed E-state index contributed by atoms with van der Waals surface area (Å²) >= 11 is 0. The molecule has 8 heteroatoms. The van der Waals surface area contributed by atoms with Gasteiger partial charge >= 0.3 is 5.97 Å². The van der Waals surface area contributed by atoms with Crippen LogP contribution in [0.2, 0.25) is 0 Å². The minimum absolute atomic E-state index is 0.0510. The van der Waals surface area contributed by atoms with E-state index in [1.165, 1.54) is 7.11 Å². The molecule has 0 spiro atoms. The number of piperidine rings is 1. The minimum atomic E-state index is -0.685. The maximum atomic E-state index is 13.1. The molecule has 0 amide bonds. The van der Waals surface area contributed by atoms with Gasteiger partial charge in [0.25, 0.3) is 0 Å². The molecule has 158 valence electrons. The second-order valence-electron chi connectivity index (χ2n) is 7.56. The van der Waals surface area contributed by atoms with Crippen LogP contribution in [0.25, 0.3) is 17.1 Å². The van der Waals surface area contributed by atoms with Gasteiger partial charge in [-0.25, -0.2) is 9.78 Å². The molecule has 4 heterocycles. The number of methoxy groups -OCH3 is 1. The van der Waals surface area contributed by atoms with Crippen molar-refractivity contribution in [3.8, 4) is 0 Å². The fraction of sp³-hybridized carbons (Fsp3) is 0.409. The van der Waals surface area contributed by atoms with Crippen LogP contribution in [0.4, 0.5) is 0 Å². The highest BCUT2D eigenvalue weighted by atomic mass is 16.6. The van der Waals surface area contributed by atoms with Crippen molar-refractivity contribution >= 4 is 28.9 Å². The maximum Gasteiger partial charge on any atom is 0.347 e. The van der Waals surface area contributed by atoms with Crippen LogP contribution in [-0.2, 0) is 23.8 Å². The zero-order valence-electron chi connectivity index (χ0n) is 17.1. The topological polar surface area (TPSA) is 93.8 Å². The first kappa shape index (κ1) is 20.2. The fourth-order valence-corrected chi connectivity index (χ4v) is 3.66. The van der Waals surface area contributed by atoms with Crippen molar-refractivity contribution in [1.82, 2.24) is 14.9 Å². The molecule has 2 aliphatic heterocycles. The van der Waals surface area contributed by atoms with E-state index in [1.807, 2.05) is 17.0 Å². The van der Waals surface area contributed by atoms with E-state index in [4.69, 9.17) is 14.2 Å². The zero-order chi connectivity index (χ0) is 21.1. The molecule has 0 radical (unpaired) electrons. The Morgan fingerprint density at radius 1 is 1.37 bits per heavy atom. The second-order valence-corrected chi connectivity index (χ2v) is 7.56. The number of pyridine rings is 1. The SMILES string of the molecule is COCCOC(=O)C1=C(N2CCC(C)CC2)OC(=Cc2c[nH]c3ncccc23)C1=O. The summed E-state index contributed by atoms with van der Waals surface area (Å²) in [6.07, 6.45) is 7.04. The highest BCUT2D eigenvalue weighted by Gasteiger charge is 2.40. The first-order chi connectivity index (χ1) is 14.6. The van der Waals surface area contributed by atoms with Crippen LogP contribution in [0, 0.1) is 5.92 Å². The highest BCUT2D eigenvalue weighted by molar-refractivity contribution is 6.26. The summed E-state index contributed by atoms with van der Waals surface area (Å²) in [5, 5.41) is 0.867. The van der Waals surface area contributed by atoms with Crippen molar-refractivity contribution in [2.24, 2.45) is 5.92 Å². The minimum Gasteiger partial charge on any atom is -0.459 e. The summed E-state index contributed by atoms with van der Waals surface area (Å²) in [6, 6.07) is 3.73. The molecule has 2 aromatic heterocycles. The third kappa shape index (κ3) is 3.95. The molecule has 0 unspecified atom stereocenters. The van der Waals surface area contributed by atoms with Crippen molar-refractivity contribution in [3.05, 3.63) is 47.3 Å². The lowest BCUT2D eigenvalue weighted by atomic mass is 9.99. The molecule has 4 rings (SSSR count). The monoisotopic (exact) mass is 411 g/mol. The number of carbonyl (C=O) groups is 2. The number of carbonyl (C=O) groups excluding carboxylic acids is 2. The van der Waals surface area contributed by atoms with E-state index in [-0.39, 0.29) is 24.5 Å². The third-order valence-electron chi connectivity index (χ3n) is 5.44. The molecule has 1 N–H and O–H groups in total. The lowest BCUT2D eigenvalue weighted by Gasteiger charge is -2.32. The van der Waals surface area contributed by atoms with Gasteiger partial charge in [-0.2, -0.15) is 0 Å². The van der Waals surface area contributed by atoms with Gasteiger partial charge in [0.2, 0.25) is 11.7 Å². The number of aromatic nitrogens is 2. The number of nitrogens with one attached hydrogen (secondary N) is 1. The average Bonchev–Trinajstić information content (AvgIpc) is 3.30. The Hall–Kier alpha value is -3.13. The van der Waals surface area contributed by atoms with Crippen molar-refractivity contribution in [3.63, 3.8) is 0 Å². The molecule has 2 aromatic rings. The van der Waals surface area contributed by atoms with Crippen LogP contribution in [0.5, 0.6) is 0 Å². The van der Waals surface area contributed by atoms with E-state index in [0.29, 0.717) is 17.4 Å². The first-order valence-electron chi connectivity index (χ1n) is 10.1. The smallest absolute Gasteiger partial charge is 0.347 e. The largest absolute Gasteiger partial charge is 0.459 e. The van der Waals surface area contributed by atoms with Crippen molar-refractivity contribution in [2.75, 3.05) is 33.4 Å². The molecule has 8 nitrogen and oxygen atoms in total. The summed E-state index contributed by atoms with van der Waals surface area (Å²) in [4.78, 5) is 35.1. The Labute approximate surface area is 174 Å². The Kier molecular flexibility index (Phi) is 5.85. The molecule has 2 aliphatic rings. The van der Waals surface area contributed by atoms with Crippen LogP contribution in [0.3, 0.4) is 0 Å². The molecule has 0 atom stereocenters. The Morgan fingerprint density at radius 2 is 2.17 bits per heavy atom. The Balaban J connectivity index is 1.64. The number of Topliss-reactive ketones (excluding diaryl/α,β-unsaturated/α-hetero) is 1. The highest BCUT2D eigenvalue weighted by Crippen LogP contribution is 2.33. The number of nitrogens with zero attached hydrogens (tertiary/aromatic N) is 2. The van der Waals surface area contributed by atoms with Crippen LogP contribution in [0.1, 0.15) is 25.3 Å². The molecular formula is C22H25N3O5. The van der Waals surface area contributed by atoms with Crippen LogP contribution < -0.4 is 0 Å². The van der Waals surface area contributed by atoms with E-state index < -0.39 is 11.8 Å². The van der Waals surface area contributed by atoms with Crippen LogP contribution in [0.15, 0.2) is 41.7 Å². The molecule has 0 aliphatic carbocycles. The summed E-state index contributed by atoms with van der Waals surface area (Å²) in [6.45, 7) is 3.98. The van der Waals surface area contributed by atoms with E-state index >= 15 is 0 Å². The van der Waals surface area contributed by atoms with Crippen LogP contribution in [-0.4, -0.2) is 60.0 Å². The average molecular weight is 411 g/mol. The van der Waals surface area contributed by atoms with Gasteiger partial charge < -0.3 is 24.1 Å². The number of H-pyrrole nitrogens is 1. The van der Waals surface area contributed by atoms with E-state index in [0.717, 1.165) is 36.9 Å². The number of likely N-dealkylation sites (tertiary alicyclic amines) is 1. The van der Waals surface area contributed by atoms with Gasteiger partial charge in [-0.15, -0.1) is 0 Å². The van der Waals surface area contributed by atoms with Gasteiger partial charge in [0.15, 0.2) is 11.3 Å². The van der Waals surface area contributed by atoms with Gasteiger partial charge in [-0.1, -0.05) is 6.92 Å². The molecular weight excluding hydrogens is 386 g/mol. The van der Waals surface area contributed by atoms with Gasteiger partial charge in [-0.3, -0.25) is 4.79 Å². The number of aromatic amines is 1. The van der Waals surface area contributed by atoms with E-state index in [1.54, 1.807) is 18.5 Å². The number of rotatable bonds is 6. The molecule has 30 heavy (non-hydrogen) atoms. The zero-order valence-corrected chi connectivity index (χ0v) is 17.1. The first-order valence-corrected chi connectivity index (χ1v) is 10.1. The maximum absolute atomic E-state index is 13.1. The molecule has 0 bridgehead atoms. The normalized spacial score (nSPS) is 19.1. The number of fused-ring (bicyclic) bond motifs is 1. The molecule has 0 saturated carbocycles. The summed E-state index contributed by atoms with van der Waals surface area (Å²) < 4.78 is 16.1. The molecule has 1 fully saturated rings. The lowest BCUT2D eigenvalue weighted by molar-refractivity contribution is -0.141. The fourth-order valence-electron chi connectivity index (χ4n) is 3.66. The van der Waals surface area contributed by atoms with Crippen molar-refractivity contribution in [2.45, 2.75) is 19.8 Å². The summed E-state index contributed by atoms with van der Waals surface area (Å²) in [7, 11) is 1.52. The number of ether oxygens (including phenoxy) is 3. The van der Waals surface area contributed by atoms with E-state index in [2.05, 4.69) is 16.9 Å². The molecule has 0 aromatic carbocycles. The molecule has 1 saturated heterocycles. The van der Waals surface area contributed by atoms with Gasteiger partial charge in [0.1, 0.15) is 12.3 Å². The number of allylic oxidation sites excluding steroid dienone is 1. The predicted octanol–water partition coefficient (Wildman–Crippen LogP) is 2.64. The van der Waals surface area contributed by atoms with Gasteiger partial charge in [0.05, 0.1) is 6.61 Å². The third-order valence-corrected chi connectivity index (χ3v) is 5.44. The summed E-state index contributed by atoms with van der Waals surface area (Å²) in [5.74, 6) is -0.158. The van der Waals surface area contributed by atoms with Gasteiger partial charge in [-0.05, 0) is 37.0 Å². The van der Waals surface area contributed by atoms with Gasteiger partial charge in [0, 0.05) is 43.5 Å².